The minimum Gasteiger partial charge on any atom is -0.384 e. The molecule has 1 aliphatic rings. The predicted molar refractivity (Wildman–Crippen MR) is 149 cm³/mol. The van der Waals surface area contributed by atoms with Gasteiger partial charge in [-0.1, -0.05) is 12.1 Å². The zero-order valence-electron chi connectivity index (χ0n) is 22.3. The van der Waals surface area contributed by atoms with Gasteiger partial charge in [0.2, 0.25) is 0 Å². The van der Waals surface area contributed by atoms with E-state index in [9.17, 15) is 10.1 Å². The molecule has 4 aromatic rings. The number of aromatic nitrogens is 3. The van der Waals surface area contributed by atoms with Crippen LogP contribution >= 0.6 is 0 Å². The van der Waals surface area contributed by atoms with Crippen LogP contribution in [0.2, 0.25) is 0 Å². The van der Waals surface area contributed by atoms with Crippen molar-refractivity contribution in [3.8, 4) is 17.2 Å². The summed E-state index contributed by atoms with van der Waals surface area (Å²) in [4.78, 5) is 25.2. The van der Waals surface area contributed by atoms with Gasteiger partial charge in [-0.05, 0) is 79.8 Å². The Morgan fingerprint density at radius 1 is 1.16 bits per heavy atom. The Morgan fingerprint density at radius 3 is 2.61 bits per heavy atom. The summed E-state index contributed by atoms with van der Waals surface area (Å²) in [6.45, 7) is 4.11. The molecule has 1 aliphatic heterocycles. The third-order valence-corrected chi connectivity index (χ3v) is 7.76. The summed E-state index contributed by atoms with van der Waals surface area (Å²) < 4.78 is 2.15. The van der Waals surface area contributed by atoms with Crippen LogP contribution in [-0.2, 0) is 13.6 Å². The van der Waals surface area contributed by atoms with Crippen molar-refractivity contribution >= 4 is 22.8 Å². The number of nitriles is 1. The lowest BCUT2D eigenvalue weighted by Crippen LogP contribution is -2.39. The molecule has 8 heteroatoms. The first-order valence-electron chi connectivity index (χ1n) is 12.9. The minimum absolute atomic E-state index is 0.0313. The van der Waals surface area contributed by atoms with E-state index in [1.54, 1.807) is 31.3 Å². The molecule has 0 unspecified atom stereocenters. The number of rotatable bonds is 5. The maximum Gasteiger partial charge on any atom is 0.253 e. The van der Waals surface area contributed by atoms with Crippen molar-refractivity contribution in [3.63, 3.8) is 0 Å². The molecular formula is C30H33N7O. The van der Waals surface area contributed by atoms with E-state index in [0.717, 1.165) is 53.7 Å². The van der Waals surface area contributed by atoms with Crippen LogP contribution < -0.4 is 5.73 Å². The lowest BCUT2D eigenvalue weighted by Gasteiger charge is -2.38. The minimum atomic E-state index is 0.0313. The monoisotopic (exact) mass is 507 g/mol. The van der Waals surface area contributed by atoms with Crippen LogP contribution in [0.5, 0.6) is 0 Å². The molecule has 5 rings (SSSR count). The van der Waals surface area contributed by atoms with Gasteiger partial charge in [0.1, 0.15) is 17.5 Å². The Kier molecular flexibility index (Phi) is 6.87. The van der Waals surface area contributed by atoms with Crippen molar-refractivity contribution in [1.82, 2.24) is 24.3 Å². The second-order valence-corrected chi connectivity index (χ2v) is 10.4. The first-order valence-corrected chi connectivity index (χ1v) is 12.9. The van der Waals surface area contributed by atoms with Crippen LogP contribution in [0.15, 0.2) is 54.7 Å². The summed E-state index contributed by atoms with van der Waals surface area (Å²) in [7, 11) is 5.60. The SMILES string of the molecule is C[C@H]1C[C@H](c2ccc(C(=O)N(C)C)cc2)CCN1Cc1cc2c(-c3ccc(N)nc3C#N)ccnc2n1C. The molecule has 8 nitrogen and oxygen atoms in total. The summed E-state index contributed by atoms with van der Waals surface area (Å²) >= 11 is 0. The summed E-state index contributed by atoms with van der Waals surface area (Å²) in [5.41, 5.74) is 11.9. The molecule has 4 heterocycles. The van der Waals surface area contributed by atoms with Gasteiger partial charge in [-0.25, -0.2) is 9.97 Å². The molecule has 0 bridgehead atoms. The van der Waals surface area contributed by atoms with Gasteiger partial charge >= 0.3 is 0 Å². The highest BCUT2D eigenvalue weighted by molar-refractivity contribution is 5.95. The van der Waals surface area contributed by atoms with Crippen molar-refractivity contribution < 1.29 is 4.79 Å². The standard InChI is InChI=1S/C30H33N7O/c1-19-15-22(20-5-7-21(8-6-20)30(38)35(2)3)12-14-37(19)18-23-16-26-24(11-13-33-29(26)36(23)4)25-9-10-28(32)34-27(25)17-31/h5-11,13,16,19,22H,12,14-15,18H2,1-4H3,(H2,32,34)/t19-,22+/m0/s1. The average Bonchev–Trinajstić information content (AvgIpc) is 3.24. The fourth-order valence-electron chi connectivity index (χ4n) is 5.56. The smallest absolute Gasteiger partial charge is 0.253 e. The van der Waals surface area contributed by atoms with Crippen LogP contribution in [0.4, 0.5) is 5.82 Å². The molecular weight excluding hydrogens is 474 g/mol. The topological polar surface area (TPSA) is 104 Å². The Labute approximate surface area is 223 Å². The van der Waals surface area contributed by atoms with Crippen molar-refractivity contribution in [2.45, 2.75) is 38.3 Å². The number of amides is 1. The van der Waals surface area contributed by atoms with Crippen molar-refractivity contribution in [2.75, 3.05) is 26.4 Å². The predicted octanol–water partition coefficient (Wildman–Crippen LogP) is 4.56. The number of pyridine rings is 2. The number of hydrogen-bond donors (Lipinski definition) is 1. The Bertz CT molecular complexity index is 1530. The number of piperidine rings is 1. The molecule has 194 valence electrons. The molecule has 0 saturated carbocycles. The van der Waals surface area contributed by atoms with Gasteiger partial charge in [-0.3, -0.25) is 9.69 Å². The van der Waals surface area contributed by atoms with E-state index in [1.807, 2.05) is 24.3 Å². The zero-order chi connectivity index (χ0) is 27.0. The molecule has 38 heavy (non-hydrogen) atoms. The fourth-order valence-corrected chi connectivity index (χ4v) is 5.56. The van der Waals surface area contributed by atoms with Gasteiger partial charge in [-0.15, -0.1) is 0 Å². The van der Waals surface area contributed by atoms with E-state index in [0.29, 0.717) is 23.5 Å². The van der Waals surface area contributed by atoms with Crippen LogP contribution in [0, 0.1) is 11.3 Å². The molecule has 2 N–H and O–H groups in total. The number of hydrogen-bond acceptors (Lipinski definition) is 6. The van der Waals surface area contributed by atoms with Gasteiger partial charge in [0.15, 0.2) is 5.69 Å². The number of anilines is 1. The number of likely N-dealkylation sites (tertiary alicyclic amines) is 1. The number of fused-ring (bicyclic) bond motifs is 1. The van der Waals surface area contributed by atoms with Crippen molar-refractivity contribution in [3.05, 3.63) is 77.2 Å². The second-order valence-electron chi connectivity index (χ2n) is 10.4. The average molecular weight is 508 g/mol. The van der Waals surface area contributed by atoms with E-state index in [-0.39, 0.29) is 5.91 Å². The molecule has 1 fully saturated rings. The molecule has 0 spiro atoms. The third kappa shape index (κ3) is 4.73. The maximum atomic E-state index is 12.2. The van der Waals surface area contributed by atoms with Crippen LogP contribution in [0.25, 0.3) is 22.2 Å². The molecule has 1 amide bonds. The molecule has 0 aliphatic carbocycles. The number of carbonyl (C=O) groups excluding carboxylic acids is 1. The summed E-state index contributed by atoms with van der Waals surface area (Å²) in [6, 6.07) is 18.4. The van der Waals surface area contributed by atoms with Gasteiger partial charge in [0.25, 0.3) is 5.91 Å². The first-order chi connectivity index (χ1) is 18.3. The van der Waals surface area contributed by atoms with E-state index in [2.05, 4.69) is 57.7 Å². The molecule has 1 aromatic carbocycles. The molecule has 0 radical (unpaired) electrons. The Balaban J connectivity index is 1.35. The molecule has 3 aromatic heterocycles. The molecule has 2 atom stereocenters. The largest absolute Gasteiger partial charge is 0.384 e. The fraction of sp³-hybridized carbons (Fsp3) is 0.333. The molecule has 1 saturated heterocycles. The normalized spacial score (nSPS) is 17.9. The summed E-state index contributed by atoms with van der Waals surface area (Å²) in [5.74, 6) is 0.844. The van der Waals surface area contributed by atoms with Gasteiger partial charge in [0.05, 0.1) is 0 Å². The highest BCUT2D eigenvalue weighted by Crippen LogP contribution is 2.35. The highest BCUT2D eigenvalue weighted by atomic mass is 16.2. The van der Waals surface area contributed by atoms with Gasteiger partial charge in [-0.2, -0.15) is 5.26 Å². The lowest BCUT2D eigenvalue weighted by atomic mass is 9.85. The number of nitrogens with zero attached hydrogens (tertiary/aromatic N) is 6. The summed E-state index contributed by atoms with van der Waals surface area (Å²) in [5, 5.41) is 10.6. The number of carbonyl (C=O) groups is 1. The Hall–Kier alpha value is -4.22. The Morgan fingerprint density at radius 2 is 1.92 bits per heavy atom. The van der Waals surface area contributed by atoms with Gasteiger partial charge < -0.3 is 15.2 Å². The summed E-state index contributed by atoms with van der Waals surface area (Å²) in [6.07, 6.45) is 3.92. The maximum absolute atomic E-state index is 12.2. The van der Waals surface area contributed by atoms with Crippen molar-refractivity contribution in [2.24, 2.45) is 7.05 Å². The number of nitrogen functional groups attached to an aromatic ring is 1. The van der Waals surface area contributed by atoms with Crippen molar-refractivity contribution in [1.29, 1.82) is 5.26 Å². The lowest BCUT2D eigenvalue weighted by molar-refractivity contribution is 0.0827. The quantitative estimate of drug-likeness (QED) is 0.425. The van der Waals surface area contributed by atoms with E-state index < -0.39 is 0 Å². The first kappa shape index (κ1) is 25.4. The van der Waals surface area contributed by atoms with Gasteiger partial charge in [0, 0.05) is 62.1 Å². The highest BCUT2D eigenvalue weighted by Gasteiger charge is 2.27. The van der Waals surface area contributed by atoms with Crippen LogP contribution in [0.1, 0.15) is 53.0 Å². The van der Waals surface area contributed by atoms with E-state index >= 15 is 0 Å². The third-order valence-electron chi connectivity index (χ3n) is 7.76. The number of benzene rings is 1. The zero-order valence-corrected chi connectivity index (χ0v) is 22.3. The second kappa shape index (κ2) is 10.3. The van der Waals surface area contributed by atoms with Crippen LogP contribution in [-0.4, -0.2) is 56.9 Å². The number of nitrogens with two attached hydrogens (primary N) is 1. The number of aryl methyl sites for hydroxylation is 1. The van der Waals surface area contributed by atoms with E-state index in [1.165, 1.54) is 11.3 Å². The van der Waals surface area contributed by atoms with Crippen LogP contribution in [0.3, 0.4) is 0 Å². The van der Waals surface area contributed by atoms with E-state index in [4.69, 9.17) is 5.73 Å².